The third-order valence-electron chi connectivity index (χ3n) is 1.83. The van der Waals surface area contributed by atoms with Crippen LogP contribution in [0, 0.1) is 0 Å². The molecule has 0 radical (unpaired) electrons. The Balaban J connectivity index is 2.34. The van der Waals surface area contributed by atoms with Crippen molar-refractivity contribution in [1.29, 1.82) is 0 Å². The fourth-order valence-electron chi connectivity index (χ4n) is 1.16. The molecule has 0 unspecified atom stereocenters. The van der Waals surface area contributed by atoms with Crippen molar-refractivity contribution in [2.75, 3.05) is 0 Å². The second-order valence-corrected chi connectivity index (χ2v) is 2.82. The lowest BCUT2D eigenvalue weighted by atomic mass is 9.88. The van der Waals surface area contributed by atoms with Crippen molar-refractivity contribution in [3.8, 4) is 11.3 Å². The summed E-state index contributed by atoms with van der Waals surface area (Å²) in [6.07, 6.45) is 3.31. The van der Waals surface area contributed by atoms with Gasteiger partial charge in [0.2, 0.25) is 0 Å². The van der Waals surface area contributed by atoms with Crippen molar-refractivity contribution in [2.45, 2.75) is 0 Å². The van der Waals surface area contributed by atoms with Gasteiger partial charge in [-0.3, -0.25) is 4.98 Å². The van der Waals surface area contributed by atoms with Crippen LogP contribution in [0.5, 0.6) is 0 Å². The molecule has 0 atom stereocenters. The summed E-state index contributed by atoms with van der Waals surface area (Å²) < 4.78 is 5.19. The Morgan fingerprint density at radius 1 is 1.21 bits per heavy atom. The summed E-state index contributed by atoms with van der Waals surface area (Å²) in [6, 6.07) is 6.81. The number of furan rings is 1. The Morgan fingerprint density at radius 2 is 2.07 bits per heavy atom. The zero-order valence-corrected chi connectivity index (χ0v) is 7.29. The van der Waals surface area contributed by atoms with Crippen LogP contribution >= 0.6 is 0 Å². The van der Waals surface area contributed by atoms with Gasteiger partial charge in [0.05, 0.1) is 0 Å². The summed E-state index contributed by atoms with van der Waals surface area (Å²) >= 11 is 0. The monoisotopic (exact) mass is 189 g/mol. The maximum Gasteiger partial charge on any atom is 0.526 e. The van der Waals surface area contributed by atoms with Crippen molar-refractivity contribution in [2.24, 2.45) is 0 Å². The molecule has 0 amide bonds. The fourth-order valence-corrected chi connectivity index (χ4v) is 1.16. The molecule has 0 aliphatic rings. The molecule has 4 nitrogen and oxygen atoms in total. The largest absolute Gasteiger partial charge is 0.526 e. The second kappa shape index (κ2) is 3.65. The van der Waals surface area contributed by atoms with E-state index < -0.39 is 7.12 Å². The molecule has 5 heteroatoms. The molecule has 0 spiro atoms. The van der Waals surface area contributed by atoms with E-state index in [-0.39, 0.29) is 5.66 Å². The Labute approximate surface area is 81.0 Å². The zero-order valence-electron chi connectivity index (χ0n) is 7.29. The van der Waals surface area contributed by atoms with Crippen molar-refractivity contribution < 1.29 is 14.5 Å². The highest BCUT2D eigenvalue weighted by Gasteiger charge is 2.16. The van der Waals surface area contributed by atoms with Gasteiger partial charge in [-0.15, -0.1) is 0 Å². The van der Waals surface area contributed by atoms with Crippen LogP contribution in [-0.4, -0.2) is 22.2 Å². The molecule has 2 aromatic rings. The van der Waals surface area contributed by atoms with Crippen molar-refractivity contribution in [3.05, 3.63) is 36.7 Å². The van der Waals surface area contributed by atoms with E-state index >= 15 is 0 Å². The average molecular weight is 189 g/mol. The molecule has 2 heterocycles. The molecule has 14 heavy (non-hydrogen) atoms. The van der Waals surface area contributed by atoms with Gasteiger partial charge in [-0.05, 0) is 24.3 Å². The van der Waals surface area contributed by atoms with E-state index in [1.54, 1.807) is 24.5 Å². The quantitative estimate of drug-likeness (QED) is 0.653. The molecule has 0 saturated carbocycles. The predicted octanol–water partition coefficient (Wildman–Crippen LogP) is 0.0214. The Kier molecular flexibility index (Phi) is 2.34. The first-order valence-electron chi connectivity index (χ1n) is 4.13. The minimum Gasteiger partial charge on any atom is -0.465 e. The Hall–Kier alpha value is -1.59. The number of aromatic nitrogens is 1. The summed E-state index contributed by atoms with van der Waals surface area (Å²) in [4.78, 5) is 3.93. The molecule has 0 saturated heterocycles. The van der Waals surface area contributed by atoms with E-state index in [0.29, 0.717) is 5.76 Å². The lowest BCUT2D eigenvalue weighted by Crippen LogP contribution is -2.27. The van der Waals surface area contributed by atoms with E-state index in [4.69, 9.17) is 14.5 Å². The van der Waals surface area contributed by atoms with Gasteiger partial charge in [0.1, 0.15) is 11.4 Å². The average Bonchev–Trinajstić information content (AvgIpc) is 2.68. The summed E-state index contributed by atoms with van der Waals surface area (Å²) in [5.41, 5.74) is 0.934. The first-order chi connectivity index (χ1) is 6.77. The van der Waals surface area contributed by atoms with Crippen LogP contribution in [0.2, 0.25) is 0 Å². The first-order valence-corrected chi connectivity index (χ1v) is 4.13. The summed E-state index contributed by atoms with van der Waals surface area (Å²) in [5.74, 6) is 0.571. The molecule has 2 N–H and O–H groups in total. The number of pyridine rings is 1. The van der Waals surface area contributed by atoms with Gasteiger partial charge in [-0.2, -0.15) is 0 Å². The maximum atomic E-state index is 8.83. The minimum absolute atomic E-state index is 0.129. The van der Waals surface area contributed by atoms with Gasteiger partial charge in [0.25, 0.3) is 0 Å². The molecule has 2 rings (SSSR count). The normalized spacial score (nSPS) is 10.1. The minimum atomic E-state index is -1.57. The van der Waals surface area contributed by atoms with Crippen molar-refractivity contribution in [3.63, 3.8) is 0 Å². The highest BCUT2D eigenvalue weighted by molar-refractivity contribution is 6.57. The molecule has 0 fully saturated rings. The Morgan fingerprint density at radius 3 is 2.64 bits per heavy atom. The fraction of sp³-hybridized carbons (Fsp3) is 0. The molecule has 0 aliphatic heterocycles. The second-order valence-electron chi connectivity index (χ2n) is 2.82. The summed E-state index contributed by atoms with van der Waals surface area (Å²) in [7, 11) is -1.57. The molecule has 0 aromatic carbocycles. The van der Waals surface area contributed by atoms with Crippen LogP contribution < -0.4 is 5.66 Å². The number of nitrogens with zero attached hydrogens (tertiary/aromatic N) is 1. The maximum absolute atomic E-state index is 8.83. The number of rotatable bonds is 2. The zero-order chi connectivity index (χ0) is 9.97. The lowest BCUT2D eigenvalue weighted by molar-refractivity contribution is 0.410. The third-order valence-corrected chi connectivity index (χ3v) is 1.83. The molecule has 70 valence electrons. The molecule has 0 aliphatic carbocycles. The number of hydrogen-bond donors (Lipinski definition) is 2. The summed E-state index contributed by atoms with van der Waals surface area (Å²) in [5, 5.41) is 17.7. The predicted molar refractivity (Wildman–Crippen MR) is 51.8 cm³/mol. The van der Waals surface area contributed by atoms with Crippen LogP contribution in [0.1, 0.15) is 0 Å². The van der Waals surface area contributed by atoms with E-state index in [1.807, 2.05) is 6.07 Å². The van der Waals surface area contributed by atoms with Gasteiger partial charge >= 0.3 is 7.12 Å². The van der Waals surface area contributed by atoms with Crippen LogP contribution in [0.25, 0.3) is 11.3 Å². The molecular weight excluding hydrogens is 181 g/mol. The SMILES string of the molecule is OB(O)c1ccc(-c2cccnc2)o1. The van der Waals surface area contributed by atoms with E-state index in [2.05, 4.69) is 4.98 Å². The highest BCUT2D eigenvalue weighted by Crippen LogP contribution is 2.16. The van der Waals surface area contributed by atoms with Crippen LogP contribution in [-0.2, 0) is 0 Å². The summed E-state index contributed by atoms with van der Waals surface area (Å²) in [6.45, 7) is 0. The molecule has 0 bridgehead atoms. The van der Waals surface area contributed by atoms with Gasteiger partial charge in [-0.25, -0.2) is 0 Å². The topological polar surface area (TPSA) is 66.5 Å². The van der Waals surface area contributed by atoms with Gasteiger partial charge < -0.3 is 14.5 Å². The van der Waals surface area contributed by atoms with E-state index in [9.17, 15) is 0 Å². The van der Waals surface area contributed by atoms with Crippen molar-refractivity contribution in [1.82, 2.24) is 4.98 Å². The van der Waals surface area contributed by atoms with Crippen LogP contribution in [0.3, 0.4) is 0 Å². The third kappa shape index (κ3) is 1.68. The van der Waals surface area contributed by atoms with E-state index in [1.165, 1.54) is 6.07 Å². The van der Waals surface area contributed by atoms with Gasteiger partial charge in [0.15, 0.2) is 0 Å². The van der Waals surface area contributed by atoms with E-state index in [0.717, 1.165) is 5.56 Å². The molecular formula is C9H8BNO3. The van der Waals surface area contributed by atoms with Gasteiger partial charge in [-0.1, -0.05) is 0 Å². The van der Waals surface area contributed by atoms with Crippen LogP contribution in [0.4, 0.5) is 0 Å². The first kappa shape index (κ1) is 8.99. The smallest absolute Gasteiger partial charge is 0.465 e. The van der Waals surface area contributed by atoms with Crippen molar-refractivity contribution >= 4 is 12.8 Å². The Bertz CT molecular complexity index is 413. The molecule has 2 aromatic heterocycles. The standard InChI is InChI=1S/C9H8BNO3/c12-10(13)9-4-3-8(14-9)7-2-1-5-11-6-7/h1-6,12-13H. The van der Waals surface area contributed by atoms with Gasteiger partial charge in [0, 0.05) is 18.0 Å². The van der Waals surface area contributed by atoms with Crippen LogP contribution in [0.15, 0.2) is 41.1 Å². The number of hydrogen-bond acceptors (Lipinski definition) is 4. The lowest BCUT2D eigenvalue weighted by Gasteiger charge is -1.95. The highest BCUT2D eigenvalue weighted by atomic mass is 16.4.